The van der Waals surface area contributed by atoms with Crippen molar-refractivity contribution in [1.29, 1.82) is 0 Å². The average Bonchev–Trinajstić information content (AvgIpc) is 2.51. The molecule has 0 spiro atoms. The second-order valence-corrected chi connectivity index (χ2v) is 9.31. The summed E-state index contributed by atoms with van der Waals surface area (Å²) in [5.74, 6) is 0.320. The second-order valence-electron chi connectivity index (χ2n) is 9.31. The number of hydrogen-bond acceptors (Lipinski definition) is 1. The zero-order chi connectivity index (χ0) is 18.6. The molecule has 0 fully saturated rings. The minimum Gasteiger partial charge on any atom is -0.346 e. The fraction of sp³-hybridized carbons (Fsp3) is 0.955. The first kappa shape index (κ1) is 23.5. The number of unbranched alkanes of at least 4 members (excludes halogenated alkanes) is 4. The van der Waals surface area contributed by atoms with Crippen molar-refractivity contribution < 1.29 is 4.79 Å². The Morgan fingerprint density at radius 2 is 1.42 bits per heavy atom. The number of nitrogens with zero attached hydrogens (tertiary/aromatic N) is 1. The van der Waals surface area contributed by atoms with Crippen LogP contribution in [-0.2, 0) is 4.79 Å². The van der Waals surface area contributed by atoms with Crippen LogP contribution in [0.3, 0.4) is 0 Å². The van der Waals surface area contributed by atoms with E-state index >= 15 is 0 Å². The van der Waals surface area contributed by atoms with Gasteiger partial charge in [0.1, 0.15) is 0 Å². The van der Waals surface area contributed by atoms with Crippen molar-refractivity contribution in [2.45, 2.75) is 112 Å². The number of amides is 1. The van der Waals surface area contributed by atoms with E-state index in [0.717, 1.165) is 25.8 Å². The predicted octanol–water partition coefficient (Wildman–Crippen LogP) is 6.83. The fourth-order valence-corrected chi connectivity index (χ4v) is 3.26. The SMILES string of the molecule is CCCC(C)(CC)CCCCCCCC(=O)N(C)CCC(C)(C)C. The summed E-state index contributed by atoms with van der Waals surface area (Å²) >= 11 is 0. The van der Waals surface area contributed by atoms with Crippen LogP contribution in [0.15, 0.2) is 0 Å². The molecule has 2 nitrogen and oxygen atoms in total. The molecule has 24 heavy (non-hydrogen) atoms. The largest absolute Gasteiger partial charge is 0.346 e. The van der Waals surface area contributed by atoms with Crippen LogP contribution in [0.25, 0.3) is 0 Å². The van der Waals surface area contributed by atoms with Crippen molar-refractivity contribution in [2.75, 3.05) is 13.6 Å². The lowest BCUT2D eigenvalue weighted by Crippen LogP contribution is -2.29. The predicted molar refractivity (Wildman–Crippen MR) is 107 cm³/mol. The molecule has 0 radical (unpaired) electrons. The third kappa shape index (κ3) is 11.9. The maximum Gasteiger partial charge on any atom is 0.222 e. The molecule has 1 atom stereocenters. The molecule has 0 aromatic heterocycles. The van der Waals surface area contributed by atoms with Crippen LogP contribution in [-0.4, -0.2) is 24.4 Å². The second kappa shape index (κ2) is 11.9. The van der Waals surface area contributed by atoms with Crippen LogP contribution in [0.4, 0.5) is 0 Å². The van der Waals surface area contributed by atoms with E-state index in [1.165, 1.54) is 51.4 Å². The van der Waals surface area contributed by atoms with Crippen molar-refractivity contribution in [2.24, 2.45) is 10.8 Å². The van der Waals surface area contributed by atoms with Crippen molar-refractivity contribution in [3.8, 4) is 0 Å². The van der Waals surface area contributed by atoms with Gasteiger partial charge in [-0.15, -0.1) is 0 Å². The van der Waals surface area contributed by atoms with Gasteiger partial charge in [0.05, 0.1) is 0 Å². The Morgan fingerprint density at radius 3 is 1.96 bits per heavy atom. The van der Waals surface area contributed by atoms with Gasteiger partial charge in [-0.1, -0.05) is 80.1 Å². The minimum absolute atomic E-state index is 0.305. The normalized spacial score (nSPS) is 14.5. The van der Waals surface area contributed by atoms with Gasteiger partial charge in [0.15, 0.2) is 0 Å². The highest BCUT2D eigenvalue weighted by Gasteiger charge is 2.19. The zero-order valence-corrected chi connectivity index (χ0v) is 17.8. The Labute approximate surface area is 152 Å². The van der Waals surface area contributed by atoms with Crippen LogP contribution in [0, 0.1) is 10.8 Å². The molecule has 144 valence electrons. The smallest absolute Gasteiger partial charge is 0.222 e. The maximum atomic E-state index is 12.1. The molecule has 0 saturated carbocycles. The van der Waals surface area contributed by atoms with Gasteiger partial charge in [0, 0.05) is 20.0 Å². The summed E-state index contributed by atoms with van der Waals surface area (Å²) in [6, 6.07) is 0. The van der Waals surface area contributed by atoms with Gasteiger partial charge >= 0.3 is 0 Å². The van der Waals surface area contributed by atoms with Crippen LogP contribution >= 0.6 is 0 Å². The molecule has 0 aliphatic heterocycles. The topological polar surface area (TPSA) is 20.3 Å². The summed E-state index contributed by atoms with van der Waals surface area (Å²) in [5, 5.41) is 0. The van der Waals surface area contributed by atoms with E-state index in [-0.39, 0.29) is 0 Å². The van der Waals surface area contributed by atoms with E-state index in [4.69, 9.17) is 0 Å². The van der Waals surface area contributed by atoms with Gasteiger partial charge in [0.2, 0.25) is 5.91 Å². The first-order valence-electron chi connectivity index (χ1n) is 10.4. The van der Waals surface area contributed by atoms with Crippen molar-refractivity contribution in [3.63, 3.8) is 0 Å². The van der Waals surface area contributed by atoms with E-state index < -0.39 is 0 Å². The number of hydrogen-bond donors (Lipinski definition) is 0. The van der Waals surface area contributed by atoms with E-state index in [0.29, 0.717) is 16.7 Å². The molecule has 0 aromatic rings. The lowest BCUT2D eigenvalue weighted by Gasteiger charge is -2.27. The molecule has 1 amide bonds. The highest BCUT2D eigenvalue weighted by Crippen LogP contribution is 2.33. The van der Waals surface area contributed by atoms with E-state index in [1.807, 2.05) is 11.9 Å². The Kier molecular flexibility index (Phi) is 11.7. The number of carbonyl (C=O) groups is 1. The summed E-state index contributed by atoms with van der Waals surface area (Å²) in [7, 11) is 1.95. The van der Waals surface area contributed by atoms with Crippen molar-refractivity contribution in [3.05, 3.63) is 0 Å². The molecule has 0 saturated heterocycles. The molecular formula is C22H45NO. The van der Waals surface area contributed by atoms with Gasteiger partial charge < -0.3 is 4.90 Å². The van der Waals surface area contributed by atoms with Gasteiger partial charge in [-0.2, -0.15) is 0 Å². The molecule has 0 bridgehead atoms. The molecule has 0 aliphatic rings. The molecular weight excluding hydrogens is 294 g/mol. The van der Waals surface area contributed by atoms with E-state index in [9.17, 15) is 4.79 Å². The lowest BCUT2D eigenvalue weighted by atomic mass is 9.78. The summed E-state index contributed by atoms with van der Waals surface area (Å²) < 4.78 is 0. The van der Waals surface area contributed by atoms with E-state index in [2.05, 4.69) is 41.5 Å². The summed E-state index contributed by atoms with van der Waals surface area (Å²) in [6.07, 6.45) is 13.3. The Hall–Kier alpha value is -0.530. The Balaban J connectivity index is 3.70. The molecule has 0 aromatic carbocycles. The third-order valence-corrected chi connectivity index (χ3v) is 5.50. The first-order chi connectivity index (χ1) is 11.1. The molecule has 2 heteroatoms. The van der Waals surface area contributed by atoms with Crippen molar-refractivity contribution in [1.82, 2.24) is 4.90 Å². The van der Waals surface area contributed by atoms with Crippen LogP contribution in [0.2, 0.25) is 0 Å². The van der Waals surface area contributed by atoms with Crippen molar-refractivity contribution >= 4 is 5.91 Å². The Bertz CT molecular complexity index is 331. The highest BCUT2D eigenvalue weighted by molar-refractivity contribution is 5.75. The van der Waals surface area contributed by atoms with Gasteiger partial charge in [-0.25, -0.2) is 0 Å². The Morgan fingerprint density at radius 1 is 0.833 bits per heavy atom. The molecule has 0 N–H and O–H groups in total. The fourth-order valence-electron chi connectivity index (χ4n) is 3.26. The highest BCUT2D eigenvalue weighted by atomic mass is 16.2. The average molecular weight is 340 g/mol. The van der Waals surface area contributed by atoms with Gasteiger partial charge in [-0.3, -0.25) is 4.79 Å². The summed E-state index contributed by atoms with van der Waals surface area (Å²) in [6.45, 7) is 14.7. The standard InChI is InChI=1S/C22H45NO/c1-8-16-22(6,9-2)17-14-12-10-11-13-15-20(24)23(7)19-18-21(3,4)5/h8-19H2,1-7H3. The van der Waals surface area contributed by atoms with Gasteiger partial charge in [0.25, 0.3) is 0 Å². The van der Waals surface area contributed by atoms with E-state index in [1.54, 1.807) is 0 Å². The number of rotatable bonds is 13. The number of carbonyl (C=O) groups excluding carboxylic acids is 1. The molecule has 0 heterocycles. The molecule has 0 aliphatic carbocycles. The monoisotopic (exact) mass is 339 g/mol. The van der Waals surface area contributed by atoms with Crippen LogP contribution in [0.5, 0.6) is 0 Å². The lowest BCUT2D eigenvalue weighted by molar-refractivity contribution is -0.130. The summed E-state index contributed by atoms with van der Waals surface area (Å²) in [5.41, 5.74) is 0.861. The molecule has 0 rings (SSSR count). The minimum atomic E-state index is 0.305. The third-order valence-electron chi connectivity index (χ3n) is 5.50. The summed E-state index contributed by atoms with van der Waals surface area (Å²) in [4.78, 5) is 14.0. The van der Waals surface area contributed by atoms with Crippen LogP contribution < -0.4 is 0 Å². The maximum absolute atomic E-state index is 12.1. The zero-order valence-electron chi connectivity index (χ0n) is 17.8. The van der Waals surface area contributed by atoms with Gasteiger partial charge in [-0.05, 0) is 36.5 Å². The quantitative estimate of drug-likeness (QED) is 0.337. The first-order valence-corrected chi connectivity index (χ1v) is 10.4. The van der Waals surface area contributed by atoms with Crippen LogP contribution in [0.1, 0.15) is 112 Å². The molecule has 1 unspecified atom stereocenters.